The summed E-state index contributed by atoms with van der Waals surface area (Å²) in [6.07, 6.45) is 3.83. The van der Waals surface area contributed by atoms with E-state index in [-0.39, 0.29) is 16.7 Å². The first-order chi connectivity index (χ1) is 10.8. The Morgan fingerprint density at radius 3 is 2.61 bits per heavy atom. The van der Waals surface area contributed by atoms with Crippen molar-refractivity contribution in [3.8, 4) is 0 Å². The van der Waals surface area contributed by atoms with Gasteiger partial charge in [-0.2, -0.15) is 0 Å². The monoisotopic (exact) mass is 330 g/mol. The van der Waals surface area contributed by atoms with Gasteiger partial charge in [0.05, 0.1) is 5.25 Å². The summed E-state index contributed by atoms with van der Waals surface area (Å²) in [5.41, 5.74) is 0.852. The summed E-state index contributed by atoms with van der Waals surface area (Å²) >= 11 is 1.34. The number of aromatic nitrogens is 3. The Hall–Kier alpha value is -2.08. The lowest BCUT2D eigenvalue weighted by atomic mass is 10.1. The molecule has 0 saturated carbocycles. The molecule has 0 radical (unpaired) electrons. The first-order valence-corrected chi connectivity index (χ1v) is 8.36. The first-order valence-electron chi connectivity index (χ1n) is 7.48. The van der Waals surface area contributed by atoms with Gasteiger partial charge < -0.3 is 5.32 Å². The quantitative estimate of drug-likeness (QED) is 0.825. The molecule has 0 aliphatic carbocycles. The van der Waals surface area contributed by atoms with Crippen LogP contribution in [-0.4, -0.2) is 31.9 Å². The standard InChI is InChI=1S/C17H22N4OS/c1-12(15(22)19-17(2,3)4)23-16-18-14(20-21-16)11-10-13-8-6-5-7-9-13/h5-12H,1-4H3,(H,19,22)(H,18,20,21)/b11-10+. The number of nitrogens with zero attached hydrogens (tertiary/aromatic N) is 2. The number of hydrogen-bond acceptors (Lipinski definition) is 4. The average Bonchev–Trinajstić information content (AvgIpc) is 2.92. The molecule has 0 spiro atoms. The Labute approximate surface area is 141 Å². The molecule has 1 aromatic heterocycles. The first kappa shape index (κ1) is 17.3. The highest BCUT2D eigenvalue weighted by atomic mass is 32.2. The van der Waals surface area contributed by atoms with E-state index in [0.29, 0.717) is 11.0 Å². The van der Waals surface area contributed by atoms with Gasteiger partial charge in [-0.3, -0.25) is 9.89 Å². The Bertz CT molecular complexity index is 673. The molecular formula is C17H22N4OS. The van der Waals surface area contributed by atoms with Gasteiger partial charge in [0.1, 0.15) is 5.82 Å². The predicted octanol–water partition coefficient (Wildman–Crippen LogP) is 3.37. The van der Waals surface area contributed by atoms with E-state index < -0.39 is 0 Å². The fourth-order valence-electron chi connectivity index (χ4n) is 1.81. The number of aromatic amines is 1. The van der Waals surface area contributed by atoms with Crippen molar-refractivity contribution in [1.29, 1.82) is 0 Å². The minimum absolute atomic E-state index is 0.0197. The van der Waals surface area contributed by atoms with Crippen LogP contribution in [0.5, 0.6) is 0 Å². The molecule has 5 nitrogen and oxygen atoms in total. The van der Waals surface area contributed by atoms with Gasteiger partial charge >= 0.3 is 0 Å². The molecule has 1 atom stereocenters. The second-order valence-corrected chi connectivity index (χ2v) is 7.55. The van der Waals surface area contributed by atoms with Gasteiger partial charge in [0.2, 0.25) is 11.1 Å². The second kappa shape index (κ2) is 7.46. The zero-order valence-electron chi connectivity index (χ0n) is 13.8. The van der Waals surface area contributed by atoms with Crippen molar-refractivity contribution in [2.75, 3.05) is 0 Å². The molecule has 122 valence electrons. The molecule has 1 unspecified atom stereocenters. The number of H-pyrrole nitrogens is 1. The minimum Gasteiger partial charge on any atom is -0.351 e. The third kappa shape index (κ3) is 5.90. The van der Waals surface area contributed by atoms with Crippen LogP contribution < -0.4 is 5.32 Å². The lowest BCUT2D eigenvalue weighted by Gasteiger charge is -2.22. The van der Waals surface area contributed by atoms with E-state index in [2.05, 4.69) is 20.5 Å². The maximum atomic E-state index is 12.1. The molecule has 2 N–H and O–H groups in total. The van der Waals surface area contributed by atoms with Crippen LogP contribution in [0.2, 0.25) is 0 Å². The molecule has 0 saturated heterocycles. The summed E-state index contributed by atoms with van der Waals surface area (Å²) < 4.78 is 0. The van der Waals surface area contributed by atoms with Gasteiger partial charge in [0.25, 0.3) is 0 Å². The average molecular weight is 330 g/mol. The molecule has 1 aromatic carbocycles. The van der Waals surface area contributed by atoms with Crippen molar-refractivity contribution in [1.82, 2.24) is 20.5 Å². The molecule has 1 amide bonds. The Morgan fingerprint density at radius 2 is 1.96 bits per heavy atom. The van der Waals surface area contributed by atoms with E-state index in [1.807, 2.05) is 70.2 Å². The fourth-order valence-corrected chi connectivity index (χ4v) is 2.54. The zero-order chi connectivity index (χ0) is 16.9. The van der Waals surface area contributed by atoms with Gasteiger partial charge in [0.15, 0.2) is 0 Å². The van der Waals surface area contributed by atoms with E-state index in [0.717, 1.165) is 5.56 Å². The summed E-state index contributed by atoms with van der Waals surface area (Å²) in [6, 6.07) is 9.97. The van der Waals surface area contributed by atoms with Crippen molar-refractivity contribution in [2.24, 2.45) is 0 Å². The zero-order valence-corrected chi connectivity index (χ0v) is 14.6. The maximum absolute atomic E-state index is 12.1. The number of nitrogens with one attached hydrogen (secondary N) is 2. The summed E-state index contributed by atoms with van der Waals surface area (Å²) in [4.78, 5) is 16.4. The molecule has 0 aliphatic rings. The summed E-state index contributed by atoms with van der Waals surface area (Å²) in [5, 5.41) is 10.3. The smallest absolute Gasteiger partial charge is 0.233 e. The lowest BCUT2D eigenvalue weighted by Crippen LogP contribution is -2.44. The molecule has 0 fully saturated rings. The third-order valence-electron chi connectivity index (χ3n) is 2.87. The van der Waals surface area contributed by atoms with E-state index in [1.165, 1.54) is 11.8 Å². The van der Waals surface area contributed by atoms with Crippen molar-refractivity contribution in [3.05, 3.63) is 41.7 Å². The SMILES string of the molecule is CC(Sc1n[nH]c(/C=C/c2ccccc2)n1)C(=O)NC(C)(C)C. The third-order valence-corrected chi connectivity index (χ3v) is 3.83. The molecule has 0 bridgehead atoms. The summed E-state index contributed by atoms with van der Waals surface area (Å²) in [7, 11) is 0. The summed E-state index contributed by atoms with van der Waals surface area (Å²) in [5.74, 6) is 0.647. The molecule has 1 heterocycles. The number of thioether (sulfide) groups is 1. The van der Waals surface area contributed by atoms with Crippen molar-refractivity contribution < 1.29 is 4.79 Å². The van der Waals surface area contributed by atoms with Crippen LogP contribution in [0.1, 0.15) is 39.1 Å². The fraction of sp³-hybridized carbons (Fsp3) is 0.353. The summed E-state index contributed by atoms with van der Waals surface area (Å²) in [6.45, 7) is 7.73. The van der Waals surface area contributed by atoms with Crippen LogP contribution in [0.15, 0.2) is 35.5 Å². The van der Waals surface area contributed by atoms with E-state index in [9.17, 15) is 4.79 Å². The number of carbonyl (C=O) groups is 1. The lowest BCUT2D eigenvalue weighted by molar-refractivity contribution is -0.121. The van der Waals surface area contributed by atoms with Crippen LogP contribution in [0.25, 0.3) is 12.2 Å². The topological polar surface area (TPSA) is 70.7 Å². The maximum Gasteiger partial charge on any atom is 0.233 e. The van der Waals surface area contributed by atoms with Gasteiger partial charge in [-0.05, 0) is 39.3 Å². The van der Waals surface area contributed by atoms with Crippen molar-refractivity contribution in [2.45, 2.75) is 43.6 Å². The molecule has 2 rings (SSSR count). The highest BCUT2D eigenvalue weighted by molar-refractivity contribution is 8.00. The number of amides is 1. The normalized spacial score (nSPS) is 13.2. The highest BCUT2D eigenvalue weighted by Gasteiger charge is 2.21. The van der Waals surface area contributed by atoms with E-state index in [1.54, 1.807) is 0 Å². The number of hydrogen-bond donors (Lipinski definition) is 2. The van der Waals surface area contributed by atoms with Crippen molar-refractivity contribution in [3.63, 3.8) is 0 Å². The molecule has 0 aliphatic heterocycles. The number of rotatable bonds is 5. The molecule has 23 heavy (non-hydrogen) atoms. The largest absolute Gasteiger partial charge is 0.351 e. The number of carbonyl (C=O) groups excluding carboxylic acids is 1. The van der Waals surface area contributed by atoms with Gasteiger partial charge in [-0.1, -0.05) is 48.2 Å². The second-order valence-electron chi connectivity index (χ2n) is 6.25. The van der Waals surface area contributed by atoms with Crippen LogP contribution in [0.3, 0.4) is 0 Å². The Morgan fingerprint density at radius 1 is 1.26 bits per heavy atom. The predicted molar refractivity (Wildman–Crippen MR) is 95.0 cm³/mol. The van der Waals surface area contributed by atoms with Crippen molar-refractivity contribution >= 4 is 29.8 Å². The van der Waals surface area contributed by atoms with Gasteiger partial charge in [-0.25, -0.2) is 4.98 Å². The van der Waals surface area contributed by atoms with E-state index >= 15 is 0 Å². The van der Waals surface area contributed by atoms with E-state index in [4.69, 9.17) is 0 Å². The minimum atomic E-state index is -0.254. The highest BCUT2D eigenvalue weighted by Crippen LogP contribution is 2.20. The molecule has 2 aromatic rings. The Balaban J connectivity index is 1.94. The van der Waals surface area contributed by atoms with Crippen LogP contribution in [-0.2, 0) is 4.79 Å². The van der Waals surface area contributed by atoms with Gasteiger partial charge in [0, 0.05) is 5.54 Å². The van der Waals surface area contributed by atoms with Crippen LogP contribution >= 0.6 is 11.8 Å². The van der Waals surface area contributed by atoms with Crippen LogP contribution in [0.4, 0.5) is 0 Å². The number of benzene rings is 1. The molecular weight excluding hydrogens is 308 g/mol. The Kier molecular flexibility index (Phi) is 5.60. The van der Waals surface area contributed by atoms with Gasteiger partial charge in [-0.15, -0.1) is 5.10 Å². The van der Waals surface area contributed by atoms with Crippen LogP contribution in [0, 0.1) is 0 Å². The molecule has 6 heteroatoms.